The van der Waals surface area contributed by atoms with Gasteiger partial charge in [0.2, 0.25) is 0 Å². The Morgan fingerprint density at radius 3 is 2.46 bits per heavy atom. The molecular weight excluding hydrogens is 171 g/mol. The average Bonchev–Trinajstić information content (AvgIpc) is 2.79. The summed E-state index contributed by atoms with van der Waals surface area (Å²) in [5.74, 6) is -2.46. The molecule has 0 saturated carbocycles. The number of carbonyl (C=O) groups is 2. The minimum Gasteiger partial charge on any atom is -0.473 e. The Morgan fingerprint density at radius 2 is 2.15 bits per heavy atom. The molecule has 1 heterocycles. The third kappa shape index (κ3) is 1.84. The van der Waals surface area contributed by atoms with Crippen LogP contribution in [0, 0.1) is 0 Å². The van der Waals surface area contributed by atoms with Crippen LogP contribution in [0.15, 0.2) is 0 Å². The van der Waals surface area contributed by atoms with Crippen molar-refractivity contribution in [3.8, 4) is 0 Å². The Bertz CT molecular complexity index is 240. The van der Waals surface area contributed by atoms with Crippen molar-refractivity contribution >= 4 is 19.2 Å². The molecule has 0 spiro atoms. The third-order valence-electron chi connectivity index (χ3n) is 2.45. The Balaban J connectivity index is 2.52. The van der Waals surface area contributed by atoms with E-state index in [1.165, 1.54) is 0 Å². The molecule has 2 atom stereocenters. The maximum absolute atomic E-state index is 10.8. The lowest BCUT2D eigenvalue weighted by atomic mass is 9.95. The third-order valence-corrected chi connectivity index (χ3v) is 2.45. The van der Waals surface area contributed by atoms with Crippen LogP contribution in [0.2, 0.25) is 5.82 Å². The zero-order valence-electron chi connectivity index (χ0n) is 7.74. The van der Waals surface area contributed by atoms with E-state index in [4.69, 9.17) is 9.84 Å². The van der Waals surface area contributed by atoms with Crippen LogP contribution >= 0.6 is 0 Å². The molecule has 5 heteroatoms. The fourth-order valence-electron chi connectivity index (χ4n) is 1.53. The Hall–Kier alpha value is -0.995. The number of hydrogen-bond acceptors (Lipinski definition) is 3. The van der Waals surface area contributed by atoms with Gasteiger partial charge in [0.05, 0.1) is 5.50 Å². The minimum atomic E-state index is -1.53. The summed E-state index contributed by atoms with van der Waals surface area (Å²) in [5.41, 5.74) is -0.593. The topological polar surface area (TPSA) is 63.6 Å². The molecular formula is C8H12BO4. The van der Waals surface area contributed by atoms with Crippen LogP contribution in [0.1, 0.15) is 26.7 Å². The number of carboxylic acid groups (broad SMARTS) is 1. The van der Waals surface area contributed by atoms with Crippen molar-refractivity contribution in [1.29, 1.82) is 0 Å². The van der Waals surface area contributed by atoms with E-state index in [0.717, 1.165) is 6.42 Å². The van der Waals surface area contributed by atoms with E-state index < -0.39 is 17.4 Å². The minimum absolute atomic E-state index is 0.223. The first-order chi connectivity index (χ1) is 6.05. The maximum Gasteiger partial charge on any atom is 0.417 e. The molecule has 1 saturated heterocycles. The van der Waals surface area contributed by atoms with E-state index in [2.05, 4.69) is 0 Å². The summed E-state index contributed by atoms with van der Waals surface area (Å²) in [4.78, 5) is 21.0. The van der Waals surface area contributed by atoms with Gasteiger partial charge in [0.1, 0.15) is 0 Å². The summed E-state index contributed by atoms with van der Waals surface area (Å²) in [6.45, 7) is 3.86. The molecule has 1 aliphatic rings. The van der Waals surface area contributed by atoms with Gasteiger partial charge in [-0.3, -0.25) is 0 Å². The van der Waals surface area contributed by atoms with Gasteiger partial charge >= 0.3 is 11.9 Å². The van der Waals surface area contributed by atoms with Crippen molar-refractivity contribution in [3.63, 3.8) is 0 Å². The Morgan fingerprint density at radius 1 is 1.54 bits per heavy atom. The summed E-state index contributed by atoms with van der Waals surface area (Å²) < 4.78 is 4.87. The van der Waals surface area contributed by atoms with E-state index in [0.29, 0.717) is 6.42 Å². The molecule has 71 valence electrons. The number of aliphatic carboxylic acids is 1. The molecule has 13 heavy (non-hydrogen) atoms. The first-order valence-electron chi connectivity index (χ1n) is 4.38. The van der Waals surface area contributed by atoms with Crippen LogP contribution in [0.25, 0.3) is 0 Å². The first kappa shape index (κ1) is 10.1. The summed E-state index contributed by atoms with van der Waals surface area (Å²) >= 11 is 0. The van der Waals surface area contributed by atoms with Crippen LogP contribution in [0.3, 0.4) is 0 Å². The van der Waals surface area contributed by atoms with Crippen molar-refractivity contribution in [2.45, 2.75) is 38.0 Å². The second-order valence-electron chi connectivity index (χ2n) is 3.18. The van der Waals surface area contributed by atoms with Crippen molar-refractivity contribution in [3.05, 3.63) is 0 Å². The fourth-order valence-corrected chi connectivity index (χ4v) is 1.53. The van der Waals surface area contributed by atoms with Gasteiger partial charge in [-0.15, -0.1) is 0 Å². The first-order valence-corrected chi connectivity index (χ1v) is 4.38. The van der Waals surface area contributed by atoms with E-state index >= 15 is 0 Å². The standard InChI is InChI=1S/C8H12BO4/c1-3-5-8(4-2,9-5)13-7(12)6(10)11/h5H,3-4H2,1-2H3,(H,10,11). The molecule has 0 amide bonds. The van der Waals surface area contributed by atoms with Crippen LogP contribution in [0.4, 0.5) is 0 Å². The molecule has 1 fully saturated rings. The Kier molecular flexibility index (Phi) is 2.64. The van der Waals surface area contributed by atoms with E-state index in [1.807, 2.05) is 21.1 Å². The monoisotopic (exact) mass is 183 g/mol. The lowest BCUT2D eigenvalue weighted by molar-refractivity contribution is -0.168. The second-order valence-corrected chi connectivity index (χ2v) is 3.18. The van der Waals surface area contributed by atoms with Crippen molar-refractivity contribution in [1.82, 2.24) is 0 Å². The molecule has 0 aliphatic carbocycles. The zero-order valence-corrected chi connectivity index (χ0v) is 7.74. The maximum atomic E-state index is 10.8. The molecule has 0 aromatic carbocycles. The fraction of sp³-hybridized carbons (Fsp3) is 0.750. The molecule has 1 N–H and O–H groups in total. The number of rotatable bonds is 3. The van der Waals surface area contributed by atoms with Gasteiger partial charge in [0.15, 0.2) is 7.28 Å². The normalized spacial score (nSPS) is 30.5. The second kappa shape index (κ2) is 3.40. The van der Waals surface area contributed by atoms with E-state index in [9.17, 15) is 9.59 Å². The molecule has 0 aromatic rings. The highest BCUT2D eigenvalue weighted by atomic mass is 16.6. The van der Waals surface area contributed by atoms with Crippen LogP contribution in [0.5, 0.6) is 0 Å². The number of esters is 1. The molecule has 0 aromatic heterocycles. The van der Waals surface area contributed by atoms with E-state index in [-0.39, 0.29) is 5.82 Å². The number of ether oxygens (including phenoxy) is 1. The summed E-state index contributed by atoms with van der Waals surface area (Å²) in [6.07, 6.45) is 1.52. The van der Waals surface area contributed by atoms with Crippen molar-refractivity contribution in [2.24, 2.45) is 0 Å². The highest BCUT2D eigenvalue weighted by Crippen LogP contribution is 2.48. The SMILES string of the molecule is CCC1[B]C1(CC)OC(=O)C(=O)O. The van der Waals surface area contributed by atoms with Gasteiger partial charge in [-0.2, -0.15) is 0 Å². The number of carboxylic acids is 1. The van der Waals surface area contributed by atoms with Gasteiger partial charge in [0.25, 0.3) is 0 Å². The molecule has 1 rings (SSSR count). The molecule has 0 bridgehead atoms. The molecule has 2 unspecified atom stereocenters. The summed E-state index contributed by atoms with van der Waals surface area (Å²) in [5, 5.41) is 8.34. The predicted octanol–water partition coefficient (Wildman–Crippen LogP) is 0.637. The van der Waals surface area contributed by atoms with E-state index in [1.54, 1.807) is 0 Å². The quantitative estimate of drug-likeness (QED) is 0.396. The van der Waals surface area contributed by atoms with Crippen LogP contribution in [-0.2, 0) is 14.3 Å². The van der Waals surface area contributed by atoms with Gasteiger partial charge < -0.3 is 9.84 Å². The molecule has 1 radical (unpaired) electrons. The van der Waals surface area contributed by atoms with Gasteiger partial charge in [-0.1, -0.05) is 20.3 Å². The molecule has 1 aliphatic heterocycles. The lowest BCUT2D eigenvalue weighted by Crippen LogP contribution is -2.26. The lowest BCUT2D eigenvalue weighted by Gasteiger charge is -2.16. The highest BCUT2D eigenvalue weighted by Gasteiger charge is 2.56. The van der Waals surface area contributed by atoms with Crippen LogP contribution < -0.4 is 0 Å². The van der Waals surface area contributed by atoms with Crippen LogP contribution in [-0.4, -0.2) is 29.8 Å². The number of carbonyl (C=O) groups excluding carboxylic acids is 1. The predicted molar refractivity (Wildman–Crippen MR) is 46.5 cm³/mol. The largest absolute Gasteiger partial charge is 0.473 e. The summed E-state index contributed by atoms with van der Waals surface area (Å²) in [6, 6.07) is 0. The molecule has 4 nitrogen and oxygen atoms in total. The zero-order chi connectivity index (χ0) is 10.1. The average molecular weight is 183 g/mol. The van der Waals surface area contributed by atoms with Gasteiger partial charge in [0, 0.05) is 0 Å². The smallest absolute Gasteiger partial charge is 0.417 e. The van der Waals surface area contributed by atoms with Gasteiger partial charge in [-0.05, 0) is 12.2 Å². The number of hydrogen-bond donors (Lipinski definition) is 1. The van der Waals surface area contributed by atoms with Crippen molar-refractivity contribution in [2.75, 3.05) is 0 Å². The van der Waals surface area contributed by atoms with Gasteiger partial charge in [-0.25, -0.2) is 9.59 Å². The summed E-state index contributed by atoms with van der Waals surface area (Å²) in [7, 11) is 1.88. The highest BCUT2D eigenvalue weighted by molar-refractivity contribution is 6.57. The Labute approximate surface area is 77.5 Å². The van der Waals surface area contributed by atoms with Crippen molar-refractivity contribution < 1.29 is 19.4 Å².